The number of esters is 1. The number of aryl methyl sites for hydroxylation is 1. The number of carbonyl (C=O) groups excluding carboxylic acids is 1. The molecule has 0 radical (unpaired) electrons. The molecule has 3 rings (SSSR count). The van der Waals surface area contributed by atoms with Crippen molar-refractivity contribution in [3.05, 3.63) is 53.0 Å². The van der Waals surface area contributed by atoms with Crippen LogP contribution in [-0.2, 0) is 9.47 Å². The molecule has 0 saturated carbocycles. The second kappa shape index (κ2) is 8.95. The molecule has 2 unspecified atom stereocenters. The van der Waals surface area contributed by atoms with Crippen LogP contribution in [0.4, 0.5) is 5.82 Å². The second-order valence-corrected chi connectivity index (χ2v) is 6.89. The zero-order valence-corrected chi connectivity index (χ0v) is 16.2. The third-order valence-electron chi connectivity index (χ3n) is 4.81. The van der Waals surface area contributed by atoms with Crippen molar-refractivity contribution < 1.29 is 14.3 Å². The van der Waals surface area contributed by atoms with E-state index < -0.39 is 5.97 Å². The van der Waals surface area contributed by atoms with Crippen LogP contribution < -0.4 is 5.32 Å². The summed E-state index contributed by atoms with van der Waals surface area (Å²) in [6, 6.07) is 8.51. The lowest BCUT2D eigenvalue weighted by Crippen LogP contribution is -2.29. The maximum atomic E-state index is 12.0. The van der Waals surface area contributed by atoms with Gasteiger partial charge in [0.1, 0.15) is 12.1 Å². The summed E-state index contributed by atoms with van der Waals surface area (Å²) in [5.74, 6) is 0.225. The molecule has 0 bridgehead atoms. The molecule has 144 valence electrons. The fraction of sp³-hybridized carbons (Fsp3) is 0.476. The Morgan fingerprint density at radius 2 is 2.15 bits per heavy atom. The van der Waals surface area contributed by atoms with E-state index in [0.29, 0.717) is 30.2 Å². The molecule has 0 amide bonds. The van der Waals surface area contributed by atoms with Gasteiger partial charge in [-0.2, -0.15) is 0 Å². The van der Waals surface area contributed by atoms with Crippen molar-refractivity contribution in [3.63, 3.8) is 0 Å². The SMILES string of the molecule is CCOC(=O)c1ncnc(NCC2CCCC(c3cccc(C)c3)O2)c1C. The lowest BCUT2D eigenvalue weighted by molar-refractivity contribution is -0.0442. The number of anilines is 1. The van der Waals surface area contributed by atoms with E-state index in [1.165, 1.54) is 17.5 Å². The van der Waals surface area contributed by atoms with Crippen LogP contribution >= 0.6 is 0 Å². The number of nitrogens with zero attached hydrogens (tertiary/aromatic N) is 2. The number of aromatic nitrogens is 2. The molecule has 1 aromatic heterocycles. The van der Waals surface area contributed by atoms with Crippen molar-refractivity contribution in [2.45, 2.75) is 52.2 Å². The van der Waals surface area contributed by atoms with Crippen LogP contribution in [0.5, 0.6) is 0 Å². The lowest BCUT2D eigenvalue weighted by Gasteiger charge is -2.31. The number of carbonyl (C=O) groups is 1. The molecular weight excluding hydrogens is 342 g/mol. The molecule has 1 aromatic carbocycles. The molecule has 2 atom stereocenters. The fourth-order valence-corrected chi connectivity index (χ4v) is 3.41. The topological polar surface area (TPSA) is 73.3 Å². The van der Waals surface area contributed by atoms with E-state index in [4.69, 9.17) is 9.47 Å². The van der Waals surface area contributed by atoms with Gasteiger partial charge in [0, 0.05) is 12.1 Å². The standard InChI is InChI=1S/C21H27N3O3/c1-4-26-21(25)19-15(3)20(24-13-23-19)22-12-17-9-6-10-18(27-17)16-8-5-7-14(2)11-16/h5,7-8,11,13,17-18H,4,6,9-10,12H2,1-3H3,(H,22,23,24). The minimum absolute atomic E-state index is 0.102. The van der Waals surface area contributed by atoms with E-state index >= 15 is 0 Å². The molecule has 1 saturated heterocycles. The van der Waals surface area contributed by atoms with Crippen LogP contribution in [0.15, 0.2) is 30.6 Å². The molecule has 1 aliphatic rings. The van der Waals surface area contributed by atoms with Crippen LogP contribution in [0.2, 0.25) is 0 Å². The highest BCUT2D eigenvalue weighted by Gasteiger charge is 2.24. The van der Waals surface area contributed by atoms with Gasteiger partial charge in [0.15, 0.2) is 5.69 Å². The largest absolute Gasteiger partial charge is 0.461 e. The van der Waals surface area contributed by atoms with Crippen LogP contribution in [0.1, 0.15) is 59.5 Å². The van der Waals surface area contributed by atoms with Crippen molar-refractivity contribution in [2.24, 2.45) is 0 Å². The first-order valence-electron chi connectivity index (χ1n) is 9.53. The number of ether oxygens (including phenoxy) is 2. The summed E-state index contributed by atoms with van der Waals surface area (Å²) in [5, 5.41) is 3.32. The Morgan fingerprint density at radius 1 is 1.30 bits per heavy atom. The zero-order valence-electron chi connectivity index (χ0n) is 16.2. The maximum Gasteiger partial charge on any atom is 0.357 e. The molecule has 1 aliphatic heterocycles. The summed E-state index contributed by atoms with van der Waals surface area (Å²) in [7, 11) is 0. The summed E-state index contributed by atoms with van der Waals surface area (Å²) in [5.41, 5.74) is 3.49. The molecule has 27 heavy (non-hydrogen) atoms. The van der Waals surface area contributed by atoms with Gasteiger partial charge in [0.2, 0.25) is 0 Å². The molecule has 6 nitrogen and oxygen atoms in total. The maximum absolute atomic E-state index is 12.0. The number of nitrogens with one attached hydrogen (secondary N) is 1. The van der Waals surface area contributed by atoms with E-state index in [2.05, 4.69) is 46.5 Å². The van der Waals surface area contributed by atoms with Crippen LogP contribution in [0.25, 0.3) is 0 Å². The Morgan fingerprint density at radius 3 is 2.93 bits per heavy atom. The predicted octanol–water partition coefficient (Wildman–Crippen LogP) is 3.99. The van der Waals surface area contributed by atoms with Gasteiger partial charge in [-0.3, -0.25) is 0 Å². The van der Waals surface area contributed by atoms with Gasteiger partial charge in [0.25, 0.3) is 0 Å². The minimum atomic E-state index is -0.422. The minimum Gasteiger partial charge on any atom is -0.461 e. The number of benzene rings is 1. The number of hydrogen-bond acceptors (Lipinski definition) is 6. The summed E-state index contributed by atoms with van der Waals surface area (Å²) in [6.45, 7) is 6.67. The smallest absolute Gasteiger partial charge is 0.357 e. The van der Waals surface area contributed by atoms with Crippen molar-refractivity contribution in [1.29, 1.82) is 0 Å². The van der Waals surface area contributed by atoms with E-state index in [0.717, 1.165) is 19.3 Å². The molecule has 1 N–H and O–H groups in total. The van der Waals surface area contributed by atoms with E-state index in [1.54, 1.807) is 6.92 Å². The quantitative estimate of drug-likeness (QED) is 0.776. The summed E-state index contributed by atoms with van der Waals surface area (Å²) in [6.07, 6.45) is 4.79. The van der Waals surface area contributed by atoms with Crippen molar-refractivity contribution in [2.75, 3.05) is 18.5 Å². The molecule has 2 heterocycles. The van der Waals surface area contributed by atoms with Gasteiger partial charge in [-0.15, -0.1) is 0 Å². The second-order valence-electron chi connectivity index (χ2n) is 6.89. The van der Waals surface area contributed by atoms with Crippen molar-refractivity contribution in [3.8, 4) is 0 Å². The average molecular weight is 369 g/mol. The normalized spacial score (nSPS) is 19.5. The molecular formula is C21H27N3O3. The monoisotopic (exact) mass is 369 g/mol. The number of rotatable bonds is 6. The molecule has 0 spiro atoms. The fourth-order valence-electron chi connectivity index (χ4n) is 3.41. The Labute approximate surface area is 160 Å². The van der Waals surface area contributed by atoms with Crippen molar-refractivity contribution >= 4 is 11.8 Å². The highest BCUT2D eigenvalue weighted by atomic mass is 16.5. The molecule has 6 heteroatoms. The summed E-state index contributed by atoms with van der Waals surface area (Å²) < 4.78 is 11.4. The molecule has 2 aromatic rings. The van der Waals surface area contributed by atoms with Gasteiger partial charge in [0.05, 0.1) is 18.8 Å². The van der Waals surface area contributed by atoms with Crippen LogP contribution in [0, 0.1) is 13.8 Å². The Kier molecular flexibility index (Phi) is 6.40. The van der Waals surface area contributed by atoms with E-state index in [-0.39, 0.29) is 12.2 Å². The van der Waals surface area contributed by atoms with Gasteiger partial charge >= 0.3 is 5.97 Å². The van der Waals surface area contributed by atoms with Crippen molar-refractivity contribution in [1.82, 2.24) is 9.97 Å². The average Bonchev–Trinajstić information content (AvgIpc) is 2.67. The van der Waals surface area contributed by atoms with E-state index in [1.807, 2.05) is 6.92 Å². The predicted molar refractivity (Wildman–Crippen MR) is 104 cm³/mol. The lowest BCUT2D eigenvalue weighted by atomic mass is 9.97. The Balaban J connectivity index is 1.63. The van der Waals surface area contributed by atoms with Crippen LogP contribution in [-0.4, -0.2) is 35.2 Å². The first kappa shape index (κ1) is 19.3. The van der Waals surface area contributed by atoms with Crippen LogP contribution in [0.3, 0.4) is 0 Å². The molecule has 1 fully saturated rings. The van der Waals surface area contributed by atoms with Gasteiger partial charge < -0.3 is 14.8 Å². The summed E-state index contributed by atoms with van der Waals surface area (Å²) >= 11 is 0. The molecule has 0 aliphatic carbocycles. The highest BCUT2D eigenvalue weighted by Crippen LogP contribution is 2.31. The third kappa shape index (κ3) is 4.83. The zero-order chi connectivity index (χ0) is 19.2. The summed E-state index contributed by atoms with van der Waals surface area (Å²) in [4.78, 5) is 20.3. The van der Waals surface area contributed by atoms with E-state index in [9.17, 15) is 4.79 Å². The van der Waals surface area contributed by atoms with Gasteiger partial charge in [-0.1, -0.05) is 29.8 Å². The van der Waals surface area contributed by atoms with Gasteiger partial charge in [-0.05, 0) is 45.6 Å². The Hall–Kier alpha value is -2.47. The first-order valence-corrected chi connectivity index (χ1v) is 9.53. The first-order chi connectivity index (χ1) is 13.1. The Bertz CT molecular complexity index is 794. The highest BCUT2D eigenvalue weighted by molar-refractivity contribution is 5.90. The number of hydrogen-bond donors (Lipinski definition) is 1. The third-order valence-corrected chi connectivity index (χ3v) is 4.81. The van der Waals surface area contributed by atoms with Gasteiger partial charge in [-0.25, -0.2) is 14.8 Å².